The number of hydrogen-bond donors (Lipinski definition) is 0. The molecule has 0 aromatic heterocycles. The zero-order valence-corrected chi connectivity index (χ0v) is 12.9. The monoisotopic (exact) mass is 304 g/mol. The summed E-state index contributed by atoms with van der Waals surface area (Å²) in [6.45, 7) is 4.28. The van der Waals surface area contributed by atoms with Crippen molar-refractivity contribution in [3.63, 3.8) is 0 Å². The minimum Gasteiger partial charge on any atom is -0.281 e. The van der Waals surface area contributed by atoms with E-state index in [0.29, 0.717) is 12.3 Å². The largest absolute Gasteiger partial charge is 0.281 e. The van der Waals surface area contributed by atoms with Gasteiger partial charge in [0.05, 0.1) is 5.92 Å². The lowest BCUT2D eigenvalue weighted by atomic mass is 9.92. The van der Waals surface area contributed by atoms with Gasteiger partial charge in [0.25, 0.3) is 0 Å². The van der Waals surface area contributed by atoms with Crippen molar-refractivity contribution >= 4 is 16.8 Å². The fourth-order valence-electron chi connectivity index (χ4n) is 2.30. The molecule has 0 saturated heterocycles. The maximum Gasteiger partial charge on any atom is 0.229 e. The van der Waals surface area contributed by atoms with Crippen molar-refractivity contribution in [1.82, 2.24) is 0 Å². The van der Waals surface area contributed by atoms with Crippen LogP contribution in [-0.4, -0.2) is 5.24 Å². The summed E-state index contributed by atoms with van der Waals surface area (Å²) < 4.78 is 13.0. The lowest BCUT2D eigenvalue weighted by Crippen LogP contribution is -2.10. The SMILES string of the molecule is CC(C)c1ccc(CC(C(=O)Cl)c2ccc(F)cc2)cc1. The van der Waals surface area contributed by atoms with E-state index < -0.39 is 11.2 Å². The summed E-state index contributed by atoms with van der Waals surface area (Å²) in [4.78, 5) is 11.7. The molecule has 2 aromatic rings. The summed E-state index contributed by atoms with van der Waals surface area (Å²) in [5, 5.41) is -0.422. The minimum absolute atomic E-state index is 0.319. The van der Waals surface area contributed by atoms with Gasteiger partial charge in [0.15, 0.2) is 0 Å². The Morgan fingerprint density at radius 3 is 2.00 bits per heavy atom. The summed E-state index contributed by atoms with van der Waals surface area (Å²) in [6, 6.07) is 14.1. The fourth-order valence-corrected chi connectivity index (χ4v) is 2.50. The van der Waals surface area contributed by atoms with E-state index in [9.17, 15) is 9.18 Å². The van der Waals surface area contributed by atoms with Crippen LogP contribution in [-0.2, 0) is 11.2 Å². The van der Waals surface area contributed by atoms with Crippen LogP contribution >= 0.6 is 11.6 Å². The van der Waals surface area contributed by atoms with E-state index in [1.54, 1.807) is 12.1 Å². The molecule has 1 unspecified atom stereocenters. The maximum absolute atomic E-state index is 13.0. The Hall–Kier alpha value is -1.67. The first-order chi connectivity index (χ1) is 9.97. The highest BCUT2D eigenvalue weighted by molar-refractivity contribution is 6.64. The van der Waals surface area contributed by atoms with Crippen LogP contribution in [0, 0.1) is 5.82 Å². The van der Waals surface area contributed by atoms with Crippen molar-refractivity contribution in [2.45, 2.75) is 32.1 Å². The molecule has 0 spiro atoms. The van der Waals surface area contributed by atoms with Crippen LogP contribution in [0.15, 0.2) is 48.5 Å². The van der Waals surface area contributed by atoms with Crippen molar-refractivity contribution in [1.29, 1.82) is 0 Å². The second kappa shape index (κ2) is 6.86. The van der Waals surface area contributed by atoms with Crippen LogP contribution in [0.4, 0.5) is 4.39 Å². The van der Waals surface area contributed by atoms with Gasteiger partial charge in [0.1, 0.15) is 5.82 Å². The van der Waals surface area contributed by atoms with Gasteiger partial charge >= 0.3 is 0 Å². The smallest absolute Gasteiger partial charge is 0.229 e. The summed E-state index contributed by atoms with van der Waals surface area (Å²) in [6.07, 6.45) is 0.520. The van der Waals surface area contributed by atoms with Crippen molar-refractivity contribution in [2.24, 2.45) is 0 Å². The molecule has 0 radical (unpaired) electrons. The Kier molecular flexibility index (Phi) is 5.13. The minimum atomic E-state index is -0.447. The van der Waals surface area contributed by atoms with E-state index in [0.717, 1.165) is 11.1 Å². The van der Waals surface area contributed by atoms with Crippen LogP contribution in [0.2, 0.25) is 0 Å². The lowest BCUT2D eigenvalue weighted by Gasteiger charge is -2.14. The van der Waals surface area contributed by atoms with Gasteiger partial charge in [-0.15, -0.1) is 0 Å². The molecule has 0 aliphatic carbocycles. The van der Waals surface area contributed by atoms with E-state index >= 15 is 0 Å². The predicted molar refractivity (Wildman–Crippen MR) is 84.2 cm³/mol. The number of halogens is 2. The highest BCUT2D eigenvalue weighted by Gasteiger charge is 2.19. The molecule has 0 N–H and O–H groups in total. The third-order valence-corrected chi connectivity index (χ3v) is 3.90. The maximum atomic E-state index is 13.0. The van der Waals surface area contributed by atoms with Gasteiger partial charge in [-0.1, -0.05) is 50.2 Å². The van der Waals surface area contributed by atoms with Gasteiger partial charge < -0.3 is 0 Å². The lowest BCUT2D eigenvalue weighted by molar-refractivity contribution is -0.113. The van der Waals surface area contributed by atoms with Gasteiger partial charge in [-0.3, -0.25) is 4.79 Å². The van der Waals surface area contributed by atoms with Crippen molar-refractivity contribution in [3.05, 3.63) is 71.0 Å². The van der Waals surface area contributed by atoms with Crippen LogP contribution < -0.4 is 0 Å². The van der Waals surface area contributed by atoms with Gasteiger partial charge in [0, 0.05) is 0 Å². The van der Waals surface area contributed by atoms with Crippen LogP contribution in [0.25, 0.3) is 0 Å². The molecule has 1 nitrogen and oxygen atoms in total. The number of benzene rings is 2. The van der Waals surface area contributed by atoms with Gasteiger partial charge in [-0.2, -0.15) is 0 Å². The van der Waals surface area contributed by atoms with Crippen LogP contribution in [0.3, 0.4) is 0 Å². The predicted octanol–water partition coefficient (Wildman–Crippen LogP) is 5.04. The average Bonchev–Trinajstić information content (AvgIpc) is 2.46. The third kappa shape index (κ3) is 4.15. The molecular weight excluding hydrogens is 287 g/mol. The average molecular weight is 305 g/mol. The molecular formula is C18H18ClFO. The van der Waals surface area contributed by atoms with Crippen molar-refractivity contribution in [2.75, 3.05) is 0 Å². The van der Waals surface area contributed by atoms with E-state index in [1.807, 2.05) is 12.1 Å². The van der Waals surface area contributed by atoms with E-state index in [2.05, 4.69) is 26.0 Å². The van der Waals surface area contributed by atoms with Crippen molar-refractivity contribution < 1.29 is 9.18 Å². The number of hydrogen-bond acceptors (Lipinski definition) is 1. The summed E-state index contributed by atoms with van der Waals surface area (Å²) in [5.41, 5.74) is 3.04. The second-order valence-electron chi connectivity index (χ2n) is 5.51. The topological polar surface area (TPSA) is 17.1 Å². The van der Waals surface area contributed by atoms with Crippen molar-refractivity contribution in [3.8, 4) is 0 Å². The number of rotatable bonds is 5. The number of carbonyl (C=O) groups excluding carboxylic acids is 1. The Labute approximate surface area is 129 Å². The third-order valence-electron chi connectivity index (χ3n) is 3.63. The summed E-state index contributed by atoms with van der Waals surface area (Å²) in [7, 11) is 0. The van der Waals surface area contributed by atoms with Crippen LogP contribution in [0.5, 0.6) is 0 Å². The van der Waals surface area contributed by atoms with Gasteiger partial charge in [0.2, 0.25) is 5.24 Å². The first kappa shape index (κ1) is 15.7. The second-order valence-corrected chi connectivity index (χ2v) is 5.88. The molecule has 0 fully saturated rings. The van der Waals surface area contributed by atoms with E-state index in [1.165, 1.54) is 17.7 Å². The zero-order valence-electron chi connectivity index (χ0n) is 12.1. The highest BCUT2D eigenvalue weighted by Crippen LogP contribution is 2.25. The number of carbonyl (C=O) groups is 1. The standard InChI is InChI=1S/C18H18ClFO/c1-12(2)14-5-3-13(4-6-14)11-17(18(19)21)15-7-9-16(20)10-8-15/h3-10,12,17H,11H2,1-2H3. The molecule has 21 heavy (non-hydrogen) atoms. The Bertz CT molecular complexity index is 602. The molecule has 0 saturated carbocycles. The molecule has 1 atom stereocenters. The zero-order chi connectivity index (χ0) is 15.4. The molecule has 0 aliphatic heterocycles. The van der Waals surface area contributed by atoms with Crippen LogP contribution in [0.1, 0.15) is 42.4 Å². The summed E-state index contributed by atoms with van der Waals surface area (Å²) in [5.74, 6) is -0.292. The molecule has 3 heteroatoms. The summed E-state index contributed by atoms with van der Waals surface area (Å²) >= 11 is 5.72. The highest BCUT2D eigenvalue weighted by atomic mass is 35.5. The first-order valence-electron chi connectivity index (χ1n) is 7.01. The van der Waals surface area contributed by atoms with E-state index in [4.69, 9.17) is 11.6 Å². The molecule has 2 rings (SSSR count). The first-order valence-corrected chi connectivity index (χ1v) is 7.39. The molecule has 0 heterocycles. The normalized spacial score (nSPS) is 12.4. The molecule has 0 aliphatic rings. The van der Waals surface area contributed by atoms with E-state index in [-0.39, 0.29) is 5.82 Å². The Morgan fingerprint density at radius 1 is 1.00 bits per heavy atom. The quantitative estimate of drug-likeness (QED) is 0.707. The molecule has 110 valence electrons. The van der Waals surface area contributed by atoms with Gasteiger partial charge in [-0.05, 0) is 52.8 Å². The molecule has 2 aromatic carbocycles. The van der Waals surface area contributed by atoms with Gasteiger partial charge in [-0.25, -0.2) is 4.39 Å². The fraction of sp³-hybridized carbons (Fsp3) is 0.278. The Morgan fingerprint density at radius 2 is 1.52 bits per heavy atom. The molecule has 0 bridgehead atoms. The molecule has 0 amide bonds. The Balaban J connectivity index is 2.20.